The predicted octanol–water partition coefficient (Wildman–Crippen LogP) is 2.48. The fraction of sp³-hybridized carbons (Fsp3) is 0.444. The van der Waals surface area contributed by atoms with Crippen LogP contribution in [0.4, 0.5) is 20.2 Å². The average Bonchev–Trinajstić information content (AvgIpc) is 3.19. The number of rotatable bonds is 6. The number of hydrogen-bond donors (Lipinski definition) is 1. The van der Waals surface area contributed by atoms with E-state index in [1.54, 1.807) is 0 Å². The second-order valence-electron chi connectivity index (χ2n) is 6.52. The summed E-state index contributed by atoms with van der Waals surface area (Å²) in [5.74, 6) is -0.181. The molecule has 9 nitrogen and oxygen atoms in total. The molecule has 12 heteroatoms. The highest BCUT2D eigenvalue weighted by Crippen LogP contribution is 2.22. The molecule has 0 unspecified atom stereocenters. The van der Waals surface area contributed by atoms with Gasteiger partial charge in [0.1, 0.15) is 24.0 Å². The van der Waals surface area contributed by atoms with Gasteiger partial charge in [0.25, 0.3) is 0 Å². The van der Waals surface area contributed by atoms with Gasteiger partial charge in [0.15, 0.2) is 5.96 Å². The number of hydrogen-bond acceptors (Lipinski definition) is 5. The van der Waals surface area contributed by atoms with Crippen molar-refractivity contribution in [1.29, 1.82) is 0 Å². The number of anilines is 1. The van der Waals surface area contributed by atoms with Gasteiger partial charge in [-0.05, 0) is 19.1 Å². The molecular formula is C18H24F2IN7O2. The van der Waals surface area contributed by atoms with Crippen molar-refractivity contribution in [3.05, 3.63) is 52.3 Å². The van der Waals surface area contributed by atoms with Crippen molar-refractivity contribution in [2.24, 2.45) is 4.99 Å². The van der Waals surface area contributed by atoms with E-state index in [-0.39, 0.29) is 35.4 Å². The van der Waals surface area contributed by atoms with Gasteiger partial charge in [-0.3, -0.25) is 19.8 Å². The molecule has 1 saturated heterocycles. The van der Waals surface area contributed by atoms with Crippen LogP contribution in [-0.2, 0) is 6.54 Å². The molecule has 0 radical (unpaired) electrons. The topological polar surface area (TPSA) is 91.8 Å². The molecule has 0 atom stereocenters. The monoisotopic (exact) mass is 535 g/mol. The zero-order valence-corrected chi connectivity index (χ0v) is 18.8. The van der Waals surface area contributed by atoms with E-state index in [1.165, 1.54) is 23.1 Å². The summed E-state index contributed by atoms with van der Waals surface area (Å²) in [7, 11) is 0. The van der Waals surface area contributed by atoms with Gasteiger partial charge in [-0.15, -0.1) is 24.0 Å². The minimum Gasteiger partial charge on any atom is -0.366 e. The van der Waals surface area contributed by atoms with Crippen LogP contribution in [0.1, 0.15) is 6.92 Å². The smallest absolute Gasteiger partial charge is 0.306 e. The zero-order valence-electron chi connectivity index (χ0n) is 16.5. The lowest BCUT2D eigenvalue weighted by molar-refractivity contribution is -0.385. The molecular weight excluding hydrogens is 511 g/mol. The third kappa shape index (κ3) is 6.00. The Kier molecular flexibility index (Phi) is 8.74. The van der Waals surface area contributed by atoms with Crippen molar-refractivity contribution in [2.45, 2.75) is 13.5 Å². The number of aromatic nitrogens is 2. The third-order valence-electron chi connectivity index (χ3n) is 4.58. The minimum absolute atomic E-state index is 0. The molecule has 0 aliphatic carbocycles. The fourth-order valence-electron chi connectivity index (χ4n) is 3.14. The number of benzene rings is 1. The van der Waals surface area contributed by atoms with E-state index < -0.39 is 16.6 Å². The molecule has 0 bridgehead atoms. The lowest BCUT2D eigenvalue weighted by Crippen LogP contribution is -2.52. The summed E-state index contributed by atoms with van der Waals surface area (Å²) in [4.78, 5) is 18.7. The first-order valence-electron chi connectivity index (χ1n) is 9.38. The van der Waals surface area contributed by atoms with Crippen LogP contribution in [0, 0.1) is 21.7 Å². The van der Waals surface area contributed by atoms with E-state index in [0.29, 0.717) is 51.8 Å². The Bertz CT molecular complexity index is 885. The molecule has 1 N–H and O–H groups in total. The molecule has 2 aromatic rings. The van der Waals surface area contributed by atoms with Gasteiger partial charge >= 0.3 is 5.69 Å². The molecule has 1 aromatic heterocycles. The van der Waals surface area contributed by atoms with E-state index >= 15 is 0 Å². The van der Waals surface area contributed by atoms with Crippen molar-refractivity contribution in [3.8, 4) is 0 Å². The highest BCUT2D eigenvalue weighted by molar-refractivity contribution is 14.0. The van der Waals surface area contributed by atoms with Crippen molar-refractivity contribution >= 4 is 41.3 Å². The second-order valence-corrected chi connectivity index (χ2v) is 6.52. The Morgan fingerprint density at radius 3 is 2.67 bits per heavy atom. The Hall–Kier alpha value is -2.51. The summed E-state index contributed by atoms with van der Waals surface area (Å²) < 4.78 is 28.9. The summed E-state index contributed by atoms with van der Waals surface area (Å²) in [6.07, 6.45) is 2.58. The number of piperazine rings is 1. The Labute approximate surface area is 189 Å². The molecule has 2 heterocycles. The van der Waals surface area contributed by atoms with Gasteiger partial charge in [-0.2, -0.15) is 5.10 Å². The van der Waals surface area contributed by atoms with Gasteiger partial charge in [0, 0.05) is 38.8 Å². The quantitative estimate of drug-likeness (QED) is 0.201. The molecule has 0 saturated carbocycles. The minimum atomic E-state index is -0.488. The van der Waals surface area contributed by atoms with Crippen LogP contribution in [0.25, 0.3) is 0 Å². The number of halogens is 3. The average molecular weight is 535 g/mol. The summed E-state index contributed by atoms with van der Waals surface area (Å²) in [6, 6.07) is 3.47. The Morgan fingerprint density at radius 1 is 1.30 bits per heavy atom. The van der Waals surface area contributed by atoms with Crippen LogP contribution in [0.3, 0.4) is 0 Å². The normalized spacial score (nSPS) is 14.4. The molecule has 164 valence electrons. The maximum Gasteiger partial charge on any atom is 0.306 e. The molecule has 30 heavy (non-hydrogen) atoms. The largest absolute Gasteiger partial charge is 0.366 e. The van der Waals surface area contributed by atoms with Gasteiger partial charge in [-0.25, -0.2) is 8.78 Å². The number of aliphatic imine (C=N–C) groups is 1. The fourth-order valence-corrected chi connectivity index (χ4v) is 3.14. The van der Waals surface area contributed by atoms with E-state index in [0.717, 1.165) is 12.1 Å². The van der Waals surface area contributed by atoms with Crippen LogP contribution in [0.2, 0.25) is 0 Å². The Morgan fingerprint density at radius 2 is 2.03 bits per heavy atom. The Balaban J connectivity index is 0.00000320. The first-order valence-corrected chi connectivity index (χ1v) is 9.38. The van der Waals surface area contributed by atoms with Crippen LogP contribution in [0.5, 0.6) is 0 Å². The molecule has 1 aliphatic heterocycles. The van der Waals surface area contributed by atoms with Crippen LogP contribution >= 0.6 is 24.0 Å². The van der Waals surface area contributed by atoms with Crippen molar-refractivity contribution in [2.75, 3.05) is 44.2 Å². The van der Waals surface area contributed by atoms with E-state index in [4.69, 9.17) is 0 Å². The van der Waals surface area contributed by atoms with Crippen LogP contribution in [-0.4, -0.2) is 64.8 Å². The summed E-state index contributed by atoms with van der Waals surface area (Å²) in [6.45, 7) is 5.75. The summed E-state index contributed by atoms with van der Waals surface area (Å²) in [5, 5.41) is 17.9. The van der Waals surface area contributed by atoms with Gasteiger partial charge in [-0.1, -0.05) is 0 Å². The number of nitro groups is 1. The third-order valence-corrected chi connectivity index (χ3v) is 4.58. The zero-order chi connectivity index (χ0) is 20.8. The summed E-state index contributed by atoms with van der Waals surface area (Å²) in [5.41, 5.74) is 0.216. The van der Waals surface area contributed by atoms with Crippen LogP contribution in [0.15, 0.2) is 35.6 Å². The lowest BCUT2D eigenvalue weighted by Gasteiger charge is -2.37. The maximum atomic E-state index is 14.0. The molecule has 0 spiro atoms. The molecule has 1 fully saturated rings. The lowest BCUT2D eigenvalue weighted by atomic mass is 10.2. The van der Waals surface area contributed by atoms with Crippen molar-refractivity contribution in [3.63, 3.8) is 0 Å². The number of nitrogens with one attached hydrogen (secondary N) is 1. The van der Waals surface area contributed by atoms with Gasteiger partial charge < -0.3 is 15.1 Å². The first-order chi connectivity index (χ1) is 14.0. The molecule has 1 aromatic carbocycles. The van der Waals surface area contributed by atoms with Crippen LogP contribution < -0.4 is 10.2 Å². The van der Waals surface area contributed by atoms with Crippen molar-refractivity contribution < 1.29 is 13.7 Å². The van der Waals surface area contributed by atoms with E-state index in [2.05, 4.69) is 20.3 Å². The second kappa shape index (κ2) is 11.0. The number of nitrogens with zero attached hydrogens (tertiary/aromatic N) is 6. The predicted molar refractivity (Wildman–Crippen MR) is 120 cm³/mol. The standard InChI is InChI=1S/C18H23F2N7O2.HI/c1-2-21-18(22-5-6-26-13-15(12-23-26)27(28)29)25-9-7-24(8-10-25)17-11-14(19)3-4-16(17)20;/h3-4,11-13H,2,5-10H2,1H3,(H,21,22);1H. The SMILES string of the molecule is CCNC(=NCCn1cc([N+](=O)[O-])cn1)N1CCN(c2cc(F)ccc2F)CC1.I. The molecule has 1 aliphatic rings. The van der Waals surface area contributed by atoms with Gasteiger partial charge in [0.05, 0.1) is 23.7 Å². The summed E-state index contributed by atoms with van der Waals surface area (Å²) >= 11 is 0. The van der Waals surface area contributed by atoms with Gasteiger partial charge in [0.2, 0.25) is 0 Å². The maximum absolute atomic E-state index is 14.0. The van der Waals surface area contributed by atoms with E-state index in [9.17, 15) is 18.9 Å². The highest BCUT2D eigenvalue weighted by Gasteiger charge is 2.22. The van der Waals surface area contributed by atoms with Crippen molar-refractivity contribution in [1.82, 2.24) is 20.0 Å². The van der Waals surface area contributed by atoms with E-state index in [1.807, 2.05) is 11.8 Å². The molecule has 3 rings (SSSR count). The number of guanidine groups is 1. The highest BCUT2D eigenvalue weighted by atomic mass is 127. The first kappa shape index (κ1) is 23.8. The molecule has 0 amide bonds.